The molecule has 3 atom stereocenters. The number of esters is 1. The van der Waals surface area contributed by atoms with Crippen LogP contribution in [0.5, 0.6) is 0 Å². The second-order valence-corrected chi connectivity index (χ2v) is 14.5. The molecule has 0 aliphatic carbocycles. The summed E-state index contributed by atoms with van der Waals surface area (Å²) in [6, 6.07) is -1.56. The van der Waals surface area contributed by atoms with E-state index in [0.29, 0.717) is 12.8 Å². The van der Waals surface area contributed by atoms with Gasteiger partial charge in [-0.3, -0.25) is 18.6 Å². The number of aliphatic hydroxyl groups excluding tert-OH is 1. The second kappa shape index (κ2) is 36.9. The number of allylic oxidation sites excluding steroid dienone is 12. The molecule has 0 bridgehead atoms. The van der Waals surface area contributed by atoms with Gasteiger partial charge in [0.15, 0.2) is 6.04 Å². The van der Waals surface area contributed by atoms with Crippen LogP contribution >= 0.6 is 7.82 Å². The quantitative estimate of drug-likeness (QED) is 0.0208. The van der Waals surface area contributed by atoms with Crippen LogP contribution in [0.3, 0.4) is 0 Å². The highest BCUT2D eigenvalue weighted by molar-refractivity contribution is 7.47. The number of carbonyl (C=O) groups is 3. The summed E-state index contributed by atoms with van der Waals surface area (Å²) in [6.45, 7) is 2.36. The Bertz CT molecular complexity index is 1190. The summed E-state index contributed by atoms with van der Waals surface area (Å²) in [4.78, 5) is 45.7. The lowest BCUT2D eigenvalue weighted by Gasteiger charge is -2.18. The van der Waals surface area contributed by atoms with Crippen molar-refractivity contribution in [3.8, 4) is 0 Å². The van der Waals surface area contributed by atoms with Gasteiger partial charge in [0.05, 0.1) is 13.2 Å². The molecule has 0 saturated carbocycles. The number of amides is 1. The van der Waals surface area contributed by atoms with E-state index in [2.05, 4.69) is 92.1 Å². The third-order valence-electron chi connectivity index (χ3n) is 7.98. The van der Waals surface area contributed by atoms with Crippen LogP contribution in [0.25, 0.3) is 0 Å². The van der Waals surface area contributed by atoms with Gasteiger partial charge in [-0.05, 0) is 77.0 Å². The van der Waals surface area contributed by atoms with Crippen molar-refractivity contribution in [2.24, 2.45) is 0 Å². The number of phosphoric acid groups is 1. The van der Waals surface area contributed by atoms with Gasteiger partial charge in [0, 0.05) is 12.8 Å². The standard InChI is InChI=1S/C42H70NO10P/c1-3-5-7-9-11-13-15-16-17-18-19-20-21-22-24-26-28-30-32-34-41(46)51-35-38(44)36-52-54(49,50)53-37-39(42(47)48)43-40(45)33-31-29-27-25-23-14-12-10-8-6-4-2/h5,7,10-13,16-17,19-20,22,24,38-39,44H,3-4,6,8-9,14-15,18,21,23,25-37H2,1-2H3,(H,43,45)(H,47,48)(H,49,50)/b7-5-,12-10-,13-11-,17-16-,20-19-,24-22-. The average Bonchev–Trinajstić information content (AvgIpc) is 3.14. The predicted molar refractivity (Wildman–Crippen MR) is 217 cm³/mol. The van der Waals surface area contributed by atoms with Gasteiger partial charge >= 0.3 is 19.8 Å². The molecule has 54 heavy (non-hydrogen) atoms. The molecular formula is C42H70NO10P. The smallest absolute Gasteiger partial charge is 0.472 e. The van der Waals surface area contributed by atoms with Crippen molar-refractivity contribution >= 4 is 25.7 Å². The van der Waals surface area contributed by atoms with Gasteiger partial charge in [-0.15, -0.1) is 0 Å². The molecule has 4 N–H and O–H groups in total. The fourth-order valence-corrected chi connectivity index (χ4v) is 5.62. The lowest BCUT2D eigenvalue weighted by molar-refractivity contribution is -0.147. The summed E-state index contributed by atoms with van der Waals surface area (Å²) in [5.41, 5.74) is 0. The van der Waals surface area contributed by atoms with E-state index in [9.17, 15) is 34.1 Å². The van der Waals surface area contributed by atoms with Crippen molar-refractivity contribution in [1.29, 1.82) is 0 Å². The zero-order valence-corrected chi connectivity index (χ0v) is 33.9. The van der Waals surface area contributed by atoms with E-state index in [4.69, 9.17) is 13.8 Å². The second-order valence-electron chi connectivity index (χ2n) is 13.1. The molecule has 0 radical (unpaired) electrons. The first-order valence-corrected chi connectivity index (χ1v) is 21.5. The molecule has 1 amide bonds. The van der Waals surface area contributed by atoms with Crippen molar-refractivity contribution in [3.63, 3.8) is 0 Å². The number of carbonyl (C=O) groups excluding carboxylic acids is 2. The molecule has 0 fully saturated rings. The molecule has 0 aliphatic heterocycles. The van der Waals surface area contributed by atoms with Crippen LogP contribution in [0, 0.1) is 0 Å². The van der Waals surface area contributed by atoms with Crippen LogP contribution in [0.2, 0.25) is 0 Å². The van der Waals surface area contributed by atoms with E-state index in [1.807, 2.05) is 0 Å². The number of ether oxygens (including phenoxy) is 1. The van der Waals surface area contributed by atoms with E-state index in [-0.39, 0.29) is 12.8 Å². The number of aliphatic carboxylic acids is 1. The monoisotopic (exact) mass is 779 g/mol. The number of carboxylic acids is 1. The lowest BCUT2D eigenvalue weighted by atomic mass is 10.1. The molecule has 11 nitrogen and oxygen atoms in total. The Morgan fingerprint density at radius 3 is 1.65 bits per heavy atom. The number of unbranched alkanes of at least 4 members (excludes halogenated alkanes) is 10. The van der Waals surface area contributed by atoms with Gasteiger partial charge in [0.25, 0.3) is 0 Å². The maximum Gasteiger partial charge on any atom is 0.472 e. The summed E-state index contributed by atoms with van der Waals surface area (Å²) in [5.74, 6) is -2.43. The van der Waals surface area contributed by atoms with Crippen LogP contribution in [-0.2, 0) is 32.7 Å². The predicted octanol–water partition coefficient (Wildman–Crippen LogP) is 9.77. The number of hydrogen-bond donors (Lipinski definition) is 4. The first-order valence-electron chi connectivity index (χ1n) is 20.0. The average molecular weight is 780 g/mol. The van der Waals surface area contributed by atoms with Gasteiger partial charge in [-0.2, -0.15) is 0 Å². The Balaban J connectivity index is 4.00. The Morgan fingerprint density at radius 2 is 1.07 bits per heavy atom. The number of carboxylic acid groups (broad SMARTS) is 1. The number of nitrogens with one attached hydrogen (secondary N) is 1. The molecule has 0 heterocycles. The van der Waals surface area contributed by atoms with E-state index >= 15 is 0 Å². The topological polar surface area (TPSA) is 169 Å². The Labute approximate surface area is 325 Å². The van der Waals surface area contributed by atoms with Gasteiger partial charge in [0.1, 0.15) is 12.7 Å². The van der Waals surface area contributed by atoms with Crippen LogP contribution in [0.15, 0.2) is 72.9 Å². The first kappa shape index (κ1) is 50.9. The van der Waals surface area contributed by atoms with Crippen molar-refractivity contribution in [3.05, 3.63) is 72.9 Å². The van der Waals surface area contributed by atoms with Crippen LogP contribution < -0.4 is 5.32 Å². The van der Waals surface area contributed by atoms with Crippen molar-refractivity contribution in [1.82, 2.24) is 5.32 Å². The Kier molecular flexibility index (Phi) is 34.8. The van der Waals surface area contributed by atoms with Crippen LogP contribution in [0.1, 0.15) is 142 Å². The van der Waals surface area contributed by atoms with Gasteiger partial charge in [-0.25, -0.2) is 9.36 Å². The SMILES string of the molecule is CC/C=C\C/C=C\C/C=C\C/C=C\C/C=C\CCCCCC(=O)OCC(O)COP(=O)(O)OCC(NC(=O)CCCCCCC/C=C\CCCC)C(=O)O. The minimum absolute atomic E-state index is 0.129. The molecule has 0 aromatic heterocycles. The van der Waals surface area contributed by atoms with Gasteiger partial charge in [-0.1, -0.05) is 125 Å². The third kappa shape index (κ3) is 35.9. The van der Waals surface area contributed by atoms with Crippen LogP contribution in [-0.4, -0.2) is 64.9 Å². The molecule has 0 aromatic carbocycles. The van der Waals surface area contributed by atoms with E-state index in [0.717, 1.165) is 89.9 Å². The summed E-state index contributed by atoms with van der Waals surface area (Å²) in [5, 5.41) is 21.7. The summed E-state index contributed by atoms with van der Waals surface area (Å²) in [6.07, 6.45) is 42.2. The molecule has 0 aromatic rings. The zero-order chi connectivity index (χ0) is 40.0. The highest BCUT2D eigenvalue weighted by Gasteiger charge is 2.28. The Hall–Kier alpha value is -3.08. The van der Waals surface area contributed by atoms with E-state index < -0.39 is 57.6 Å². The molecule has 3 unspecified atom stereocenters. The van der Waals surface area contributed by atoms with Gasteiger partial charge in [0.2, 0.25) is 5.91 Å². The van der Waals surface area contributed by atoms with E-state index in [1.54, 1.807) is 0 Å². The molecule has 12 heteroatoms. The highest BCUT2D eigenvalue weighted by atomic mass is 31.2. The Morgan fingerprint density at radius 1 is 0.611 bits per heavy atom. The molecule has 0 rings (SSSR count). The van der Waals surface area contributed by atoms with Crippen LogP contribution in [0.4, 0.5) is 0 Å². The molecule has 308 valence electrons. The maximum absolute atomic E-state index is 12.2. The summed E-state index contributed by atoms with van der Waals surface area (Å²) >= 11 is 0. The third-order valence-corrected chi connectivity index (χ3v) is 8.93. The lowest BCUT2D eigenvalue weighted by Crippen LogP contribution is -2.43. The van der Waals surface area contributed by atoms with Crippen molar-refractivity contribution in [2.75, 3.05) is 19.8 Å². The summed E-state index contributed by atoms with van der Waals surface area (Å²) in [7, 11) is -4.76. The largest absolute Gasteiger partial charge is 0.480 e. The minimum Gasteiger partial charge on any atom is -0.480 e. The highest BCUT2D eigenvalue weighted by Crippen LogP contribution is 2.43. The zero-order valence-electron chi connectivity index (χ0n) is 33.0. The molecule has 0 spiro atoms. The fourth-order valence-electron chi connectivity index (χ4n) is 4.85. The first-order chi connectivity index (χ1) is 26.1. The van der Waals surface area contributed by atoms with Crippen molar-refractivity contribution < 1.29 is 47.8 Å². The number of aliphatic hydroxyl groups is 1. The normalized spacial score (nSPS) is 14.6. The van der Waals surface area contributed by atoms with Crippen molar-refractivity contribution in [2.45, 2.75) is 154 Å². The van der Waals surface area contributed by atoms with E-state index in [1.165, 1.54) is 12.8 Å². The molecule has 0 saturated heterocycles. The van der Waals surface area contributed by atoms with Gasteiger partial charge < -0.3 is 25.2 Å². The molecular weight excluding hydrogens is 709 g/mol. The maximum atomic E-state index is 12.2. The summed E-state index contributed by atoms with van der Waals surface area (Å²) < 4.78 is 26.7. The molecule has 0 aliphatic rings. The minimum atomic E-state index is -4.76. The number of rotatable bonds is 36. The number of hydrogen-bond acceptors (Lipinski definition) is 8. The number of phosphoric ester groups is 1. The fraction of sp³-hybridized carbons (Fsp3) is 0.643.